The Bertz CT molecular complexity index is 771. The van der Waals surface area contributed by atoms with Gasteiger partial charge in [0.15, 0.2) is 6.10 Å². The Kier molecular flexibility index (Phi) is 7.12. The van der Waals surface area contributed by atoms with E-state index in [1.807, 2.05) is 12.3 Å². The topological polar surface area (TPSA) is 60.9 Å². The lowest BCUT2D eigenvalue weighted by Crippen LogP contribution is -2.44. The van der Waals surface area contributed by atoms with E-state index in [4.69, 9.17) is 9.47 Å². The van der Waals surface area contributed by atoms with Crippen LogP contribution in [0, 0.1) is 0 Å². The van der Waals surface area contributed by atoms with Crippen LogP contribution in [0.2, 0.25) is 0 Å². The van der Waals surface area contributed by atoms with Gasteiger partial charge >= 0.3 is 12.3 Å². The summed E-state index contributed by atoms with van der Waals surface area (Å²) in [5.41, 5.74) is 1.22. The molecule has 32 heavy (non-hydrogen) atoms. The van der Waals surface area contributed by atoms with Crippen molar-refractivity contribution in [1.29, 1.82) is 0 Å². The van der Waals surface area contributed by atoms with Crippen molar-refractivity contribution in [3.8, 4) is 5.75 Å². The molecule has 1 aromatic rings. The van der Waals surface area contributed by atoms with Gasteiger partial charge in [-0.15, -0.1) is 0 Å². The molecular weight excluding hydrogens is 425 g/mol. The van der Waals surface area contributed by atoms with E-state index in [1.165, 1.54) is 23.3 Å². The van der Waals surface area contributed by atoms with Gasteiger partial charge in [0.2, 0.25) is 0 Å². The molecule has 3 fully saturated rings. The van der Waals surface area contributed by atoms with Crippen LogP contribution in [0.15, 0.2) is 18.5 Å². The SMILES string of the molecule is CC(OC(=O)N1CCC(O[C@H]2CC[C@H](Oc3ccncc3C3CC3)CC2)CC1)C(F)(F)F. The number of ether oxygens (including phenoxy) is 3. The van der Waals surface area contributed by atoms with Crippen LogP contribution in [-0.4, -0.2) is 59.7 Å². The number of hydrogen-bond acceptors (Lipinski definition) is 5. The van der Waals surface area contributed by atoms with Gasteiger partial charge in [-0.05, 0) is 70.3 Å². The lowest BCUT2D eigenvalue weighted by atomic mass is 9.94. The summed E-state index contributed by atoms with van der Waals surface area (Å²) in [5.74, 6) is 1.56. The van der Waals surface area contributed by atoms with Gasteiger partial charge in [0.05, 0.1) is 18.3 Å². The molecule has 3 aliphatic rings. The molecule has 0 radical (unpaired) electrons. The molecule has 1 amide bonds. The fourth-order valence-electron chi connectivity index (χ4n) is 4.41. The molecule has 178 valence electrons. The molecular formula is C23H31F3N2O4. The fraction of sp³-hybridized carbons (Fsp3) is 0.739. The van der Waals surface area contributed by atoms with E-state index in [0.717, 1.165) is 38.4 Å². The average molecular weight is 457 g/mol. The zero-order chi connectivity index (χ0) is 22.7. The monoisotopic (exact) mass is 456 g/mol. The molecule has 0 spiro atoms. The maximum Gasteiger partial charge on any atom is 0.425 e. The Morgan fingerprint density at radius 3 is 2.28 bits per heavy atom. The molecule has 1 unspecified atom stereocenters. The van der Waals surface area contributed by atoms with E-state index in [9.17, 15) is 18.0 Å². The molecule has 1 saturated heterocycles. The zero-order valence-corrected chi connectivity index (χ0v) is 18.4. The minimum Gasteiger partial charge on any atom is -0.490 e. The second kappa shape index (κ2) is 9.85. The molecule has 0 aromatic carbocycles. The highest BCUT2D eigenvalue weighted by atomic mass is 19.4. The van der Waals surface area contributed by atoms with E-state index in [2.05, 4.69) is 9.72 Å². The molecule has 2 heterocycles. The maximum absolute atomic E-state index is 12.6. The van der Waals surface area contributed by atoms with Crippen molar-refractivity contribution < 1.29 is 32.2 Å². The summed E-state index contributed by atoms with van der Waals surface area (Å²) in [6.07, 6.45) is 3.82. The van der Waals surface area contributed by atoms with E-state index < -0.39 is 18.4 Å². The smallest absolute Gasteiger partial charge is 0.425 e. The van der Waals surface area contributed by atoms with Gasteiger partial charge < -0.3 is 19.1 Å². The van der Waals surface area contributed by atoms with Gasteiger partial charge in [0.25, 0.3) is 0 Å². The number of amides is 1. The van der Waals surface area contributed by atoms with Crippen LogP contribution in [0.5, 0.6) is 5.75 Å². The van der Waals surface area contributed by atoms with Crippen molar-refractivity contribution in [3.63, 3.8) is 0 Å². The van der Waals surface area contributed by atoms with Gasteiger partial charge in [0.1, 0.15) is 5.75 Å². The summed E-state index contributed by atoms with van der Waals surface area (Å²) in [6.45, 7) is 1.53. The highest BCUT2D eigenvalue weighted by Crippen LogP contribution is 2.44. The highest BCUT2D eigenvalue weighted by molar-refractivity contribution is 5.68. The number of likely N-dealkylation sites (tertiary alicyclic amines) is 1. The number of piperidine rings is 1. The molecule has 1 atom stereocenters. The second-order valence-corrected chi connectivity index (χ2v) is 9.09. The normalized spacial score (nSPS) is 25.9. The number of carbonyl (C=O) groups is 1. The Morgan fingerprint density at radius 2 is 1.66 bits per heavy atom. The summed E-state index contributed by atoms with van der Waals surface area (Å²) in [7, 11) is 0. The number of alkyl halides is 3. The van der Waals surface area contributed by atoms with Crippen LogP contribution in [0.3, 0.4) is 0 Å². The first-order valence-corrected chi connectivity index (χ1v) is 11.6. The van der Waals surface area contributed by atoms with Crippen molar-refractivity contribution >= 4 is 6.09 Å². The third-order valence-corrected chi connectivity index (χ3v) is 6.57. The number of pyridine rings is 1. The Morgan fingerprint density at radius 1 is 1.03 bits per heavy atom. The van der Waals surface area contributed by atoms with Gasteiger partial charge in [-0.25, -0.2) is 4.79 Å². The Labute approximate surface area is 186 Å². The van der Waals surface area contributed by atoms with Gasteiger partial charge in [0, 0.05) is 31.0 Å². The molecule has 6 nitrogen and oxygen atoms in total. The number of aromatic nitrogens is 1. The second-order valence-electron chi connectivity index (χ2n) is 9.09. The largest absolute Gasteiger partial charge is 0.490 e. The number of hydrogen-bond donors (Lipinski definition) is 0. The lowest BCUT2D eigenvalue weighted by Gasteiger charge is -2.36. The van der Waals surface area contributed by atoms with Crippen LogP contribution >= 0.6 is 0 Å². The van der Waals surface area contributed by atoms with Crippen LogP contribution in [0.1, 0.15) is 69.8 Å². The molecule has 1 aliphatic heterocycles. The van der Waals surface area contributed by atoms with Crippen molar-refractivity contribution in [2.45, 2.75) is 94.8 Å². The summed E-state index contributed by atoms with van der Waals surface area (Å²) in [6, 6.07) is 1.96. The van der Waals surface area contributed by atoms with Gasteiger partial charge in [-0.3, -0.25) is 4.98 Å². The molecule has 9 heteroatoms. The van der Waals surface area contributed by atoms with Gasteiger partial charge in [-0.2, -0.15) is 13.2 Å². The lowest BCUT2D eigenvalue weighted by molar-refractivity contribution is -0.200. The van der Waals surface area contributed by atoms with E-state index in [0.29, 0.717) is 31.8 Å². The Balaban J connectivity index is 1.16. The predicted octanol–water partition coefficient (Wildman–Crippen LogP) is 5.22. The van der Waals surface area contributed by atoms with Crippen LogP contribution in [-0.2, 0) is 9.47 Å². The number of nitrogens with zero attached hydrogens (tertiary/aromatic N) is 2. The maximum atomic E-state index is 12.6. The highest BCUT2D eigenvalue weighted by Gasteiger charge is 2.40. The fourth-order valence-corrected chi connectivity index (χ4v) is 4.41. The summed E-state index contributed by atoms with van der Waals surface area (Å²) in [4.78, 5) is 17.5. The third-order valence-electron chi connectivity index (χ3n) is 6.57. The zero-order valence-electron chi connectivity index (χ0n) is 18.4. The number of carbonyl (C=O) groups excluding carboxylic acids is 1. The summed E-state index contributed by atoms with van der Waals surface area (Å²) in [5, 5.41) is 0. The van der Waals surface area contributed by atoms with Crippen molar-refractivity contribution in [3.05, 3.63) is 24.0 Å². The quantitative estimate of drug-likeness (QED) is 0.588. The van der Waals surface area contributed by atoms with Crippen LogP contribution < -0.4 is 4.74 Å². The predicted molar refractivity (Wildman–Crippen MR) is 111 cm³/mol. The molecule has 2 aliphatic carbocycles. The first-order chi connectivity index (χ1) is 15.3. The third kappa shape index (κ3) is 6.05. The average Bonchev–Trinajstić information content (AvgIpc) is 3.61. The first kappa shape index (κ1) is 23.1. The van der Waals surface area contributed by atoms with Gasteiger partial charge in [-0.1, -0.05) is 0 Å². The standard InChI is InChI=1S/C23H31F3N2O4/c1-15(23(24,25)26)30-22(29)28-12-9-19(10-13-28)31-17-4-6-18(7-5-17)32-21-8-11-27-14-20(21)16-2-3-16/h8,11,14-19H,2-7,9-10,12-13H2,1H3/t15?,17-,18-. The summed E-state index contributed by atoms with van der Waals surface area (Å²) >= 11 is 0. The van der Waals surface area contributed by atoms with E-state index >= 15 is 0 Å². The first-order valence-electron chi connectivity index (χ1n) is 11.6. The molecule has 0 N–H and O–H groups in total. The van der Waals surface area contributed by atoms with Crippen LogP contribution in [0.25, 0.3) is 0 Å². The molecule has 4 rings (SSSR count). The number of halogens is 3. The van der Waals surface area contributed by atoms with Crippen molar-refractivity contribution in [1.82, 2.24) is 9.88 Å². The Hall–Kier alpha value is -2.03. The van der Waals surface area contributed by atoms with Crippen molar-refractivity contribution in [2.75, 3.05) is 13.1 Å². The molecule has 0 bridgehead atoms. The molecule has 1 aromatic heterocycles. The number of rotatable bonds is 6. The van der Waals surface area contributed by atoms with Crippen LogP contribution in [0.4, 0.5) is 18.0 Å². The van der Waals surface area contributed by atoms with E-state index in [-0.39, 0.29) is 18.3 Å². The minimum absolute atomic E-state index is 0.0169. The van der Waals surface area contributed by atoms with Crippen molar-refractivity contribution in [2.24, 2.45) is 0 Å². The minimum atomic E-state index is -4.55. The molecule has 2 saturated carbocycles. The summed E-state index contributed by atoms with van der Waals surface area (Å²) < 4.78 is 54.8. The van der Waals surface area contributed by atoms with E-state index in [1.54, 1.807) is 6.20 Å².